The minimum absolute atomic E-state index is 0.000938. The van der Waals surface area contributed by atoms with Crippen molar-refractivity contribution in [3.8, 4) is 5.75 Å². The molecule has 4 rings (SSSR count). The lowest BCUT2D eigenvalue weighted by Crippen LogP contribution is -2.48. The second-order valence-corrected chi connectivity index (χ2v) is 7.03. The number of imidazole rings is 1. The summed E-state index contributed by atoms with van der Waals surface area (Å²) in [6, 6.07) is 15.5. The number of para-hydroxylation sites is 2. The quantitative estimate of drug-likeness (QED) is 0.688. The van der Waals surface area contributed by atoms with E-state index in [9.17, 15) is 4.79 Å². The Hall–Kier alpha value is -2.90. The predicted octanol–water partition coefficient (Wildman–Crippen LogP) is 2.33. The van der Waals surface area contributed by atoms with Crippen LogP contribution in [-0.4, -0.2) is 65.5 Å². The maximum absolute atomic E-state index is 12.3. The normalized spacial score (nSPS) is 15.6. The topological polar surface area (TPSA) is 73.5 Å². The van der Waals surface area contributed by atoms with E-state index in [4.69, 9.17) is 4.74 Å². The summed E-state index contributed by atoms with van der Waals surface area (Å²) in [5.74, 6) is 1.72. The Morgan fingerprint density at radius 2 is 1.89 bits per heavy atom. The molecule has 2 aromatic carbocycles. The molecule has 0 unspecified atom stereocenters. The summed E-state index contributed by atoms with van der Waals surface area (Å²) in [6.45, 7) is 4.78. The number of hydrogen-bond donors (Lipinski definition) is 2. The number of fused-ring (bicyclic) bond motifs is 1. The predicted molar refractivity (Wildman–Crippen MR) is 109 cm³/mol. The summed E-state index contributed by atoms with van der Waals surface area (Å²) in [5.41, 5.74) is 2.84. The molecule has 0 atom stereocenters. The van der Waals surface area contributed by atoms with Crippen LogP contribution in [0.4, 0.5) is 5.69 Å². The summed E-state index contributed by atoms with van der Waals surface area (Å²) in [7, 11) is 1.62. The molecule has 28 heavy (non-hydrogen) atoms. The summed E-state index contributed by atoms with van der Waals surface area (Å²) in [4.78, 5) is 24.9. The zero-order chi connectivity index (χ0) is 19.3. The Morgan fingerprint density at radius 3 is 2.68 bits per heavy atom. The fraction of sp³-hybridized carbons (Fsp3) is 0.333. The van der Waals surface area contributed by atoms with E-state index >= 15 is 0 Å². The van der Waals surface area contributed by atoms with Crippen molar-refractivity contribution in [2.45, 2.75) is 6.54 Å². The van der Waals surface area contributed by atoms with Crippen LogP contribution >= 0.6 is 0 Å². The van der Waals surface area contributed by atoms with Gasteiger partial charge in [0.25, 0.3) is 0 Å². The highest BCUT2D eigenvalue weighted by Crippen LogP contribution is 2.17. The molecule has 2 heterocycles. The number of anilines is 1. The number of benzene rings is 2. The van der Waals surface area contributed by atoms with Gasteiger partial charge in [0.1, 0.15) is 11.6 Å². The lowest BCUT2D eigenvalue weighted by Gasteiger charge is -2.33. The van der Waals surface area contributed by atoms with Crippen LogP contribution < -0.4 is 10.1 Å². The number of amides is 1. The molecule has 1 saturated heterocycles. The fourth-order valence-electron chi connectivity index (χ4n) is 3.50. The number of carbonyl (C=O) groups excluding carboxylic acids is 1. The van der Waals surface area contributed by atoms with Crippen molar-refractivity contribution in [2.24, 2.45) is 0 Å². The number of methoxy groups -OCH3 is 1. The molecule has 1 fully saturated rings. The van der Waals surface area contributed by atoms with Gasteiger partial charge in [-0.25, -0.2) is 4.98 Å². The molecule has 0 bridgehead atoms. The van der Waals surface area contributed by atoms with Crippen LogP contribution in [0.1, 0.15) is 5.82 Å². The number of piperazine rings is 1. The highest BCUT2D eigenvalue weighted by atomic mass is 16.5. The molecule has 0 spiro atoms. The second kappa shape index (κ2) is 8.41. The van der Waals surface area contributed by atoms with Crippen LogP contribution in [-0.2, 0) is 11.3 Å². The van der Waals surface area contributed by atoms with Crippen molar-refractivity contribution in [3.63, 3.8) is 0 Å². The Kier molecular flexibility index (Phi) is 5.55. The molecular weight excluding hydrogens is 354 g/mol. The van der Waals surface area contributed by atoms with Crippen molar-refractivity contribution < 1.29 is 9.53 Å². The zero-order valence-electron chi connectivity index (χ0n) is 16.0. The lowest BCUT2D eigenvalue weighted by molar-refractivity contribution is -0.117. The van der Waals surface area contributed by atoms with Crippen LogP contribution in [0.2, 0.25) is 0 Å². The molecule has 7 nitrogen and oxygen atoms in total. The van der Waals surface area contributed by atoms with Crippen molar-refractivity contribution in [2.75, 3.05) is 45.2 Å². The van der Waals surface area contributed by atoms with Crippen molar-refractivity contribution in [3.05, 3.63) is 54.4 Å². The minimum Gasteiger partial charge on any atom is -0.497 e. The van der Waals surface area contributed by atoms with E-state index in [1.165, 1.54) is 0 Å². The van der Waals surface area contributed by atoms with E-state index in [0.717, 1.165) is 61.0 Å². The Balaban J connectivity index is 1.25. The van der Waals surface area contributed by atoms with Crippen molar-refractivity contribution >= 4 is 22.6 Å². The van der Waals surface area contributed by atoms with Crippen molar-refractivity contribution in [1.29, 1.82) is 0 Å². The van der Waals surface area contributed by atoms with E-state index in [-0.39, 0.29) is 5.91 Å². The number of rotatable bonds is 6. The molecule has 1 aliphatic heterocycles. The third-order valence-corrected chi connectivity index (χ3v) is 5.00. The first kappa shape index (κ1) is 18.5. The average Bonchev–Trinajstić information content (AvgIpc) is 3.12. The molecule has 1 aliphatic rings. The monoisotopic (exact) mass is 379 g/mol. The molecule has 1 amide bonds. The van der Waals surface area contributed by atoms with Gasteiger partial charge in [0, 0.05) is 37.9 Å². The van der Waals surface area contributed by atoms with Gasteiger partial charge >= 0.3 is 0 Å². The first-order valence-electron chi connectivity index (χ1n) is 9.52. The molecule has 0 radical (unpaired) electrons. The van der Waals surface area contributed by atoms with Crippen LogP contribution in [0.5, 0.6) is 5.75 Å². The molecule has 0 saturated carbocycles. The summed E-state index contributed by atoms with van der Waals surface area (Å²) >= 11 is 0. The average molecular weight is 379 g/mol. The number of H-pyrrole nitrogens is 1. The number of aromatic nitrogens is 2. The van der Waals surface area contributed by atoms with Crippen LogP contribution in [0.15, 0.2) is 48.5 Å². The fourth-order valence-corrected chi connectivity index (χ4v) is 3.50. The maximum Gasteiger partial charge on any atom is 0.238 e. The van der Waals surface area contributed by atoms with Gasteiger partial charge in [0.2, 0.25) is 5.91 Å². The Bertz CT molecular complexity index is 914. The van der Waals surface area contributed by atoms with Gasteiger partial charge in [-0.2, -0.15) is 0 Å². The number of ether oxygens (including phenoxy) is 1. The molecule has 146 valence electrons. The molecule has 2 N–H and O–H groups in total. The van der Waals surface area contributed by atoms with Gasteiger partial charge in [-0.1, -0.05) is 18.2 Å². The van der Waals surface area contributed by atoms with Crippen molar-refractivity contribution in [1.82, 2.24) is 19.8 Å². The SMILES string of the molecule is COc1cccc(NC(=O)CN2CCN(Cc3nc4ccccc4[nH]3)CC2)c1. The van der Waals surface area contributed by atoms with E-state index < -0.39 is 0 Å². The summed E-state index contributed by atoms with van der Waals surface area (Å²) in [6.07, 6.45) is 0. The van der Waals surface area contributed by atoms with Gasteiger partial charge in [0.05, 0.1) is 31.2 Å². The minimum atomic E-state index is -0.000938. The van der Waals surface area contributed by atoms with Crippen LogP contribution in [0.25, 0.3) is 11.0 Å². The standard InChI is InChI=1S/C21H25N5O2/c1-28-17-6-4-5-16(13-17)22-21(27)15-26-11-9-25(10-12-26)14-20-23-18-7-2-3-8-19(18)24-20/h2-8,13H,9-12,14-15H2,1H3,(H,22,27)(H,23,24). The summed E-state index contributed by atoms with van der Waals surface area (Å²) < 4.78 is 5.19. The number of hydrogen-bond acceptors (Lipinski definition) is 5. The molecule has 0 aliphatic carbocycles. The largest absolute Gasteiger partial charge is 0.497 e. The maximum atomic E-state index is 12.3. The third kappa shape index (κ3) is 4.49. The lowest BCUT2D eigenvalue weighted by atomic mass is 10.3. The molecule has 3 aromatic rings. The second-order valence-electron chi connectivity index (χ2n) is 7.03. The molecular formula is C21H25N5O2. The number of nitrogens with zero attached hydrogens (tertiary/aromatic N) is 3. The number of nitrogens with one attached hydrogen (secondary N) is 2. The highest BCUT2D eigenvalue weighted by molar-refractivity contribution is 5.92. The Labute approximate surface area is 164 Å². The number of carbonyl (C=O) groups is 1. The zero-order valence-corrected chi connectivity index (χ0v) is 16.0. The highest BCUT2D eigenvalue weighted by Gasteiger charge is 2.20. The summed E-state index contributed by atoms with van der Waals surface area (Å²) in [5, 5.41) is 2.94. The first-order chi connectivity index (χ1) is 13.7. The first-order valence-corrected chi connectivity index (χ1v) is 9.52. The molecule has 1 aromatic heterocycles. The Morgan fingerprint density at radius 1 is 1.11 bits per heavy atom. The molecule has 7 heteroatoms. The van der Waals surface area contributed by atoms with Gasteiger partial charge < -0.3 is 15.0 Å². The van der Waals surface area contributed by atoms with Gasteiger partial charge in [-0.15, -0.1) is 0 Å². The number of aromatic amines is 1. The van der Waals surface area contributed by atoms with E-state index in [1.54, 1.807) is 7.11 Å². The van der Waals surface area contributed by atoms with E-state index in [0.29, 0.717) is 6.54 Å². The van der Waals surface area contributed by atoms with Crippen LogP contribution in [0.3, 0.4) is 0 Å². The van der Waals surface area contributed by atoms with Gasteiger partial charge in [-0.3, -0.25) is 14.6 Å². The smallest absolute Gasteiger partial charge is 0.238 e. The van der Waals surface area contributed by atoms with Gasteiger partial charge in [-0.05, 0) is 24.3 Å². The van der Waals surface area contributed by atoms with E-state index in [2.05, 4.69) is 25.1 Å². The van der Waals surface area contributed by atoms with Gasteiger partial charge in [0.15, 0.2) is 0 Å². The van der Waals surface area contributed by atoms with Crippen LogP contribution in [0, 0.1) is 0 Å². The third-order valence-electron chi connectivity index (χ3n) is 5.00. The van der Waals surface area contributed by atoms with E-state index in [1.807, 2.05) is 48.5 Å².